The van der Waals surface area contributed by atoms with Gasteiger partial charge in [-0.25, -0.2) is 13.1 Å². The number of aryl methyl sites for hydroxylation is 1. The van der Waals surface area contributed by atoms with Crippen molar-refractivity contribution >= 4 is 15.7 Å². The molecular formula is C16H16N2O6S. The molecule has 1 N–H and O–H groups in total. The number of fused-ring (bicyclic) bond motifs is 1. The van der Waals surface area contributed by atoms with Crippen molar-refractivity contribution in [3.63, 3.8) is 0 Å². The van der Waals surface area contributed by atoms with Crippen LogP contribution in [0.25, 0.3) is 0 Å². The number of ether oxygens (including phenoxy) is 2. The van der Waals surface area contributed by atoms with Gasteiger partial charge in [0.15, 0.2) is 11.5 Å². The van der Waals surface area contributed by atoms with E-state index in [-0.39, 0.29) is 23.7 Å². The summed E-state index contributed by atoms with van der Waals surface area (Å²) < 4.78 is 38.6. The Bertz CT molecular complexity index is 913. The second-order valence-electron chi connectivity index (χ2n) is 5.56. The van der Waals surface area contributed by atoms with Gasteiger partial charge in [0.2, 0.25) is 10.0 Å². The lowest BCUT2D eigenvalue weighted by molar-refractivity contribution is -0.385. The Hall–Kier alpha value is -2.65. The number of nitro benzene ring substituents is 1. The molecule has 1 atom stereocenters. The molecule has 9 heteroatoms. The Labute approximate surface area is 144 Å². The fraction of sp³-hybridized carbons (Fsp3) is 0.250. The van der Waals surface area contributed by atoms with Gasteiger partial charge < -0.3 is 9.47 Å². The maximum atomic E-state index is 12.5. The van der Waals surface area contributed by atoms with Crippen LogP contribution in [0.2, 0.25) is 0 Å². The van der Waals surface area contributed by atoms with Crippen LogP contribution < -0.4 is 14.2 Å². The molecule has 0 unspecified atom stereocenters. The number of hydrogen-bond acceptors (Lipinski definition) is 6. The van der Waals surface area contributed by atoms with Crippen LogP contribution in [-0.2, 0) is 10.0 Å². The molecule has 0 saturated carbocycles. The Morgan fingerprint density at radius 3 is 2.68 bits per heavy atom. The molecule has 2 aromatic carbocycles. The first kappa shape index (κ1) is 17.2. The van der Waals surface area contributed by atoms with Crippen LogP contribution in [-0.4, -0.2) is 32.6 Å². The van der Waals surface area contributed by atoms with Crippen LogP contribution >= 0.6 is 0 Å². The van der Waals surface area contributed by atoms with E-state index < -0.39 is 21.1 Å². The summed E-state index contributed by atoms with van der Waals surface area (Å²) in [5.74, 6) is 1.15. The van der Waals surface area contributed by atoms with Crippen molar-refractivity contribution in [1.82, 2.24) is 4.72 Å². The van der Waals surface area contributed by atoms with Gasteiger partial charge in [0.1, 0.15) is 12.7 Å². The fourth-order valence-electron chi connectivity index (χ4n) is 2.44. The first-order valence-corrected chi connectivity index (χ1v) is 8.98. The van der Waals surface area contributed by atoms with Gasteiger partial charge in [0.05, 0.1) is 16.4 Å². The molecule has 8 nitrogen and oxygen atoms in total. The van der Waals surface area contributed by atoms with Crippen molar-refractivity contribution in [2.24, 2.45) is 0 Å². The van der Waals surface area contributed by atoms with Crippen LogP contribution in [0.15, 0.2) is 47.4 Å². The van der Waals surface area contributed by atoms with Crippen molar-refractivity contribution in [3.8, 4) is 11.5 Å². The van der Waals surface area contributed by atoms with Crippen LogP contribution in [0.4, 0.5) is 5.69 Å². The number of nitrogens with one attached hydrogen (secondary N) is 1. The van der Waals surface area contributed by atoms with Crippen LogP contribution in [0, 0.1) is 17.0 Å². The third-order valence-electron chi connectivity index (χ3n) is 3.74. The monoisotopic (exact) mass is 364 g/mol. The zero-order valence-corrected chi connectivity index (χ0v) is 14.2. The van der Waals surface area contributed by atoms with Crippen molar-refractivity contribution in [3.05, 3.63) is 58.1 Å². The summed E-state index contributed by atoms with van der Waals surface area (Å²) in [4.78, 5) is 10.1. The third kappa shape index (κ3) is 3.72. The molecule has 0 amide bonds. The number of hydrogen-bond donors (Lipinski definition) is 1. The third-order valence-corrected chi connectivity index (χ3v) is 5.31. The van der Waals surface area contributed by atoms with E-state index in [9.17, 15) is 18.5 Å². The van der Waals surface area contributed by atoms with Crippen LogP contribution in [0.5, 0.6) is 11.5 Å². The Morgan fingerprint density at radius 1 is 1.24 bits per heavy atom. The summed E-state index contributed by atoms with van der Waals surface area (Å²) in [6.07, 6.45) is -0.497. The summed E-state index contributed by atoms with van der Waals surface area (Å²) in [6.45, 7) is 1.76. The van der Waals surface area contributed by atoms with Gasteiger partial charge in [-0.2, -0.15) is 0 Å². The predicted octanol–water partition coefficient (Wildman–Crippen LogP) is 2.02. The number of nitrogens with zero attached hydrogens (tertiary/aromatic N) is 1. The summed E-state index contributed by atoms with van der Waals surface area (Å²) in [5, 5.41) is 10.9. The molecule has 0 radical (unpaired) electrons. The second kappa shape index (κ2) is 6.69. The van der Waals surface area contributed by atoms with Gasteiger partial charge in [0.25, 0.3) is 5.69 Å². The first-order chi connectivity index (χ1) is 11.9. The van der Waals surface area contributed by atoms with Gasteiger partial charge >= 0.3 is 0 Å². The highest BCUT2D eigenvalue weighted by molar-refractivity contribution is 7.89. The zero-order chi connectivity index (χ0) is 18.0. The minimum absolute atomic E-state index is 0.0151. The number of benzene rings is 2. The Kier molecular flexibility index (Phi) is 4.60. The number of non-ortho nitro benzene ring substituents is 1. The van der Waals surface area contributed by atoms with Gasteiger partial charge in [-0.05, 0) is 24.6 Å². The molecule has 0 bridgehead atoms. The molecule has 2 aromatic rings. The van der Waals surface area contributed by atoms with Crippen molar-refractivity contribution < 1.29 is 22.8 Å². The molecule has 0 fully saturated rings. The highest BCUT2D eigenvalue weighted by Crippen LogP contribution is 2.30. The highest BCUT2D eigenvalue weighted by Gasteiger charge is 2.25. The Morgan fingerprint density at radius 2 is 1.96 bits per heavy atom. The standard InChI is InChI=1S/C16H16N2O6S/c1-11-6-7-12(18(19)20)8-16(11)25(21,22)17-9-13-10-23-14-4-2-3-5-15(14)24-13/h2-8,13,17H,9-10H2,1H3/t13-/m1/s1. The average molecular weight is 364 g/mol. The number of para-hydroxylation sites is 2. The van der Waals surface area contributed by atoms with Gasteiger partial charge in [0, 0.05) is 12.1 Å². The van der Waals surface area contributed by atoms with Gasteiger partial charge in [-0.1, -0.05) is 18.2 Å². The lowest BCUT2D eigenvalue weighted by Gasteiger charge is -2.26. The summed E-state index contributed by atoms with van der Waals surface area (Å²) in [7, 11) is -3.91. The molecule has 0 spiro atoms. The van der Waals surface area contributed by atoms with Crippen molar-refractivity contribution in [1.29, 1.82) is 0 Å². The number of rotatable bonds is 5. The summed E-state index contributed by atoms with van der Waals surface area (Å²) in [5.41, 5.74) is 0.140. The largest absolute Gasteiger partial charge is 0.486 e. The fourth-order valence-corrected chi connectivity index (χ4v) is 3.76. The maximum Gasteiger partial charge on any atom is 0.270 e. The van der Waals surface area contributed by atoms with Crippen LogP contribution in [0.1, 0.15) is 5.56 Å². The quantitative estimate of drug-likeness (QED) is 0.642. The van der Waals surface area contributed by atoms with E-state index in [1.165, 1.54) is 12.1 Å². The van der Waals surface area contributed by atoms with Crippen molar-refractivity contribution in [2.45, 2.75) is 17.9 Å². The molecule has 132 valence electrons. The molecule has 1 heterocycles. The molecule has 1 aliphatic heterocycles. The zero-order valence-electron chi connectivity index (χ0n) is 13.3. The molecule has 1 aliphatic rings. The van der Waals surface area contributed by atoms with E-state index in [0.717, 1.165) is 6.07 Å². The predicted molar refractivity (Wildman–Crippen MR) is 89.4 cm³/mol. The molecule has 25 heavy (non-hydrogen) atoms. The normalized spacial score (nSPS) is 16.4. The van der Waals surface area contributed by atoms with Gasteiger partial charge in [-0.3, -0.25) is 10.1 Å². The molecular weight excluding hydrogens is 348 g/mol. The van der Waals surface area contributed by atoms with Crippen molar-refractivity contribution in [2.75, 3.05) is 13.2 Å². The van der Waals surface area contributed by atoms with E-state index in [2.05, 4.69) is 4.72 Å². The van der Waals surface area contributed by atoms with Gasteiger partial charge in [-0.15, -0.1) is 0 Å². The first-order valence-electron chi connectivity index (χ1n) is 7.50. The SMILES string of the molecule is Cc1ccc([N+](=O)[O-])cc1S(=O)(=O)NC[C@@H]1COc2ccccc2O1. The lowest BCUT2D eigenvalue weighted by Crippen LogP contribution is -2.40. The summed E-state index contributed by atoms with van der Waals surface area (Å²) in [6, 6.07) is 10.8. The van der Waals surface area contributed by atoms with Crippen LogP contribution in [0.3, 0.4) is 0 Å². The maximum absolute atomic E-state index is 12.5. The Balaban J connectivity index is 1.73. The topological polar surface area (TPSA) is 108 Å². The molecule has 3 rings (SSSR count). The molecule has 0 saturated heterocycles. The number of sulfonamides is 1. The number of nitro groups is 1. The smallest absolute Gasteiger partial charge is 0.270 e. The van der Waals surface area contributed by atoms with E-state index in [1.807, 2.05) is 6.07 Å². The van der Waals surface area contributed by atoms with E-state index >= 15 is 0 Å². The minimum Gasteiger partial charge on any atom is -0.486 e. The highest BCUT2D eigenvalue weighted by atomic mass is 32.2. The van der Waals surface area contributed by atoms with E-state index in [1.54, 1.807) is 25.1 Å². The summed E-state index contributed by atoms with van der Waals surface area (Å²) >= 11 is 0. The minimum atomic E-state index is -3.91. The second-order valence-corrected chi connectivity index (χ2v) is 7.29. The van der Waals surface area contributed by atoms with E-state index in [4.69, 9.17) is 9.47 Å². The molecule has 0 aliphatic carbocycles. The average Bonchev–Trinajstić information content (AvgIpc) is 2.60. The van der Waals surface area contributed by atoms with E-state index in [0.29, 0.717) is 17.1 Å². The molecule has 0 aromatic heterocycles. The lowest BCUT2D eigenvalue weighted by atomic mass is 10.2.